The van der Waals surface area contributed by atoms with E-state index >= 15 is 0 Å². The molecular formula is C10H26O13Si2. The molecule has 25 heavy (non-hydrogen) atoms. The van der Waals surface area contributed by atoms with Crippen LogP contribution in [-0.2, 0) is 23.3 Å². The van der Waals surface area contributed by atoms with Crippen LogP contribution in [-0.4, -0.2) is 81.1 Å². The fourth-order valence-electron chi connectivity index (χ4n) is 0.366. The molecule has 0 atom stereocenters. The molecule has 0 aromatic heterocycles. The highest BCUT2D eigenvalue weighted by molar-refractivity contribution is 6.70. The molecule has 0 aliphatic carbocycles. The minimum absolute atomic E-state index is 0.833. The van der Waals surface area contributed by atoms with Gasteiger partial charge < -0.3 is 43.7 Å². The summed E-state index contributed by atoms with van der Waals surface area (Å²) < 4.78 is 4.12. The third-order valence-electron chi connectivity index (χ3n) is 0.387. The van der Waals surface area contributed by atoms with Crippen molar-refractivity contribution in [3.8, 4) is 0 Å². The van der Waals surface area contributed by atoms with Gasteiger partial charge in [0.15, 0.2) is 0 Å². The first-order valence-electron chi connectivity index (χ1n) is 6.01. The van der Waals surface area contributed by atoms with Crippen molar-refractivity contribution in [2.75, 3.05) is 0 Å². The zero-order chi connectivity index (χ0) is 22.0. The van der Waals surface area contributed by atoms with E-state index < -0.39 is 41.5 Å². The summed E-state index contributed by atoms with van der Waals surface area (Å²) in [5, 5.41) is 29.7. The SMILES string of the molecule is CC(=O)O.CC(=O)O.CC(=O)O.CC(=O)O.C[Si](O)(O)O[Si](C)(O)O. The van der Waals surface area contributed by atoms with Crippen molar-refractivity contribution in [1.82, 2.24) is 0 Å². The second-order valence-corrected chi connectivity index (χ2v) is 8.60. The van der Waals surface area contributed by atoms with Crippen molar-refractivity contribution in [2.24, 2.45) is 0 Å². The average molecular weight is 410 g/mol. The Morgan fingerprint density at radius 1 is 0.560 bits per heavy atom. The van der Waals surface area contributed by atoms with Crippen molar-refractivity contribution >= 4 is 41.5 Å². The van der Waals surface area contributed by atoms with Crippen molar-refractivity contribution in [1.29, 1.82) is 0 Å². The minimum atomic E-state index is -3.73. The quantitative estimate of drug-likeness (QED) is 0.241. The number of aliphatic carboxylic acids is 4. The molecule has 0 bridgehead atoms. The maximum atomic E-state index is 9.00. The molecule has 0 fully saturated rings. The number of carbonyl (C=O) groups is 4. The van der Waals surface area contributed by atoms with Crippen LogP contribution in [0.2, 0.25) is 13.1 Å². The number of rotatable bonds is 2. The van der Waals surface area contributed by atoms with Gasteiger partial charge in [0.2, 0.25) is 0 Å². The molecule has 0 saturated carbocycles. The van der Waals surface area contributed by atoms with Crippen molar-refractivity contribution in [2.45, 2.75) is 40.8 Å². The van der Waals surface area contributed by atoms with Crippen LogP contribution in [0.5, 0.6) is 0 Å². The largest absolute Gasteiger partial charge is 0.484 e. The van der Waals surface area contributed by atoms with E-state index in [1.165, 1.54) is 0 Å². The Morgan fingerprint density at radius 3 is 0.640 bits per heavy atom. The monoisotopic (exact) mass is 410 g/mol. The molecule has 0 aliphatic rings. The highest BCUT2D eigenvalue weighted by atomic mass is 28.5. The molecule has 0 aromatic rings. The number of carboxylic acids is 4. The highest BCUT2D eigenvalue weighted by Gasteiger charge is 2.37. The fraction of sp³-hybridized carbons (Fsp3) is 0.600. The molecule has 0 aliphatic heterocycles. The Kier molecular flexibility index (Phi) is 25.4. The first-order valence-corrected chi connectivity index (χ1v) is 10.6. The molecule has 0 spiro atoms. The molecule has 13 nitrogen and oxygen atoms in total. The molecule has 0 heterocycles. The Labute approximate surface area is 146 Å². The van der Waals surface area contributed by atoms with E-state index in [0.717, 1.165) is 40.8 Å². The van der Waals surface area contributed by atoms with E-state index in [9.17, 15) is 0 Å². The van der Waals surface area contributed by atoms with Crippen molar-refractivity contribution < 1.29 is 62.9 Å². The summed E-state index contributed by atoms with van der Waals surface area (Å²) in [5.41, 5.74) is 0. The van der Waals surface area contributed by atoms with Gasteiger partial charge in [0.1, 0.15) is 0 Å². The summed E-state index contributed by atoms with van der Waals surface area (Å²) in [6, 6.07) is 0. The van der Waals surface area contributed by atoms with E-state index in [2.05, 4.69) is 4.12 Å². The predicted molar refractivity (Wildman–Crippen MR) is 86.4 cm³/mol. The van der Waals surface area contributed by atoms with Crippen LogP contribution in [0, 0.1) is 0 Å². The zero-order valence-corrected chi connectivity index (χ0v) is 16.6. The van der Waals surface area contributed by atoms with Crippen LogP contribution in [0.15, 0.2) is 0 Å². The molecule has 0 amide bonds. The van der Waals surface area contributed by atoms with Gasteiger partial charge in [0, 0.05) is 40.8 Å². The van der Waals surface area contributed by atoms with Crippen LogP contribution in [0.1, 0.15) is 27.7 Å². The van der Waals surface area contributed by atoms with Gasteiger partial charge in [-0.1, -0.05) is 0 Å². The molecule has 0 aromatic carbocycles. The van der Waals surface area contributed by atoms with Gasteiger partial charge in [-0.15, -0.1) is 0 Å². The normalized spacial score (nSPS) is 9.04. The lowest BCUT2D eigenvalue weighted by molar-refractivity contribution is -0.135. The molecule has 0 saturated heterocycles. The highest BCUT2D eigenvalue weighted by Crippen LogP contribution is 2.01. The van der Waals surface area contributed by atoms with E-state index in [1.54, 1.807) is 0 Å². The lowest BCUT2D eigenvalue weighted by Crippen LogP contribution is -2.49. The van der Waals surface area contributed by atoms with E-state index in [0.29, 0.717) is 0 Å². The lowest BCUT2D eigenvalue weighted by Gasteiger charge is -2.18. The van der Waals surface area contributed by atoms with E-state index in [-0.39, 0.29) is 0 Å². The smallest absolute Gasteiger partial charge is 0.481 e. The standard InChI is InChI=1S/C2H10O5Si2.4C2H4O2/c1-8(3,4)7-9(2,5)6;4*1-2(3)4/h3-6H,1-2H3;4*1H3,(H,3,4). The van der Waals surface area contributed by atoms with E-state index in [4.69, 9.17) is 58.8 Å². The zero-order valence-electron chi connectivity index (χ0n) is 14.6. The second kappa shape index (κ2) is 18.5. The number of hydrogen-bond acceptors (Lipinski definition) is 9. The van der Waals surface area contributed by atoms with Crippen LogP contribution in [0.3, 0.4) is 0 Å². The first kappa shape index (κ1) is 34.4. The predicted octanol–water partition coefficient (Wildman–Crippen LogP) is -1.53. The van der Waals surface area contributed by atoms with Gasteiger partial charge in [-0.25, -0.2) is 0 Å². The molecule has 152 valence electrons. The molecule has 8 N–H and O–H groups in total. The van der Waals surface area contributed by atoms with E-state index in [1.807, 2.05) is 0 Å². The third-order valence-corrected chi connectivity index (χ3v) is 3.48. The third kappa shape index (κ3) is 529. The van der Waals surface area contributed by atoms with Crippen LogP contribution >= 0.6 is 0 Å². The Hall–Kier alpha value is -1.89. The Morgan fingerprint density at radius 2 is 0.640 bits per heavy atom. The average Bonchev–Trinajstić information content (AvgIpc) is 2.04. The summed E-state index contributed by atoms with van der Waals surface area (Å²) in [4.78, 5) is 70.2. The van der Waals surface area contributed by atoms with Gasteiger partial charge in [-0.2, -0.15) is 0 Å². The maximum absolute atomic E-state index is 9.00. The van der Waals surface area contributed by atoms with Crippen molar-refractivity contribution in [3.63, 3.8) is 0 Å². The molecule has 0 radical (unpaired) electrons. The minimum Gasteiger partial charge on any atom is -0.481 e. The van der Waals surface area contributed by atoms with Crippen LogP contribution in [0.4, 0.5) is 0 Å². The van der Waals surface area contributed by atoms with Gasteiger partial charge in [-0.05, 0) is 0 Å². The Balaban J connectivity index is -0.0000000714. The Bertz CT molecular complexity index is 307. The first-order chi connectivity index (χ1) is 10.6. The molecule has 0 rings (SSSR count). The molecular weight excluding hydrogens is 384 g/mol. The summed E-state index contributed by atoms with van der Waals surface area (Å²) in [7, 11) is -7.46. The summed E-state index contributed by atoms with van der Waals surface area (Å²) in [6.45, 7) is 6.40. The number of hydrogen-bond donors (Lipinski definition) is 8. The summed E-state index contributed by atoms with van der Waals surface area (Å²) in [5.74, 6) is -3.33. The van der Waals surface area contributed by atoms with Gasteiger partial charge in [0.25, 0.3) is 23.9 Å². The van der Waals surface area contributed by atoms with Gasteiger partial charge >= 0.3 is 17.6 Å². The second-order valence-electron chi connectivity index (χ2n) is 4.05. The van der Waals surface area contributed by atoms with Gasteiger partial charge in [0.05, 0.1) is 0 Å². The maximum Gasteiger partial charge on any atom is 0.484 e. The lowest BCUT2D eigenvalue weighted by atomic mass is 10.9. The summed E-state index contributed by atoms with van der Waals surface area (Å²) in [6.07, 6.45) is 0. The number of carboxylic acid groups (broad SMARTS) is 4. The van der Waals surface area contributed by atoms with Gasteiger partial charge in [-0.3, -0.25) is 19.2 Å². The molecule has 0 unspecified atom stereocenters. The van der Waals surface area contributed by atoms with Crippen LogP contribution < -0.4 is 0 Å². The molecule has 15 heteroatoms. The topological polar surface area (TPSA) is 239 Å². The van der Waals surface area contributed by atoms with Crippen molar-refractivity contribution in [3.05, 3.63) is 0 Å². The summed E-state index contributed by atoms with van der Waals surface area (Å²) >= 11 is 0. The fourth-order valence-corrected chi connectivity index (χ4v) is 3.30. The van der Waals surface area contributed by atoms with Crippen LogP contribution in [0.25, 0.3) is 0 Å².